The zero-order valence-electron chi connectivity index (χ0n) is 14.8. The lowest BCUT2D eigenvalue weighted by atomic mass is 10.1. The van der Waals surface area contributed by atoms with Gasteiger partial charge in [-0.25, -0.2) is 14.6 Å². The molecule has 0 aliphatic heterocycles. The topological polar surface area (TPSA) is 72.3 Å². The molecular weight excluding hydrogens is 312 g/mol. The summed E-state index contributed by atoms with van der Waals surface area (Å²) >= 11 is 0. The predicted octanol–water partition coefficient (Wildman–Crippen LogP) is 3.75. The SMILES string of the molecule is Cc1nc(C)c(-c2nc3c(cnn3C(C)c3ccccc3)[nH]2)nc1C. The molecule has 0 saturated carbocycles. The van der Waals surface area contributed by atoms with Crippen LogP contribution in [-0.2, 0) is 0 Å². The van der Waals surface area contributed by atoms with Crippen LogP contribution >= 0.6 is 0 Å². The molecule has 4 rings (SSSR count). The minimum Gasteiger partial charge on any atom is -0.334 e. The van der Waals surface area contributed by atoms with E-state index in [0.29, 0.717) is 0 Å². The number of aryl methyl sites for hydroxylation is 3. The van der Waals surface area contributed by atoms with E-state index in [1.165, 1.54) is 5.56 Å². The summed E-state index contributed by atoms with van der Waals surface area (Å²) in [6.45, 7) is 8.02. The van der Waals surface area contributed by atoms with Gasteiger partial charge in [-0.05, 0) is 33.3 Å². The molecule has 1 N–H and O–H groups in total. The van der Waals surface area contributed by atoms with Crippen molar-refractivity contribution in [2.75, 3.05) is 0 Å². The van der Waals surface area contributed by atoms with E-state index in [1.54, 1.807) is 0 Å². The van der Waals surface area contributed by atoms with Crippen LogP contribution in [0.4, 0.5) is 0 Å². The molecule has 1 atom stereocenters. The second-order valence-corrected chi connectivity index (χ2v) is 6.33. The van der Waals surface area contributed by atoms with Gasteiger partial charge in [0, 0.05) is 0 Å². The minimum absolute atomic E-state index is 0.0989. The number of nitrogens with one attached hydrogen (secondary N) is 1. The maximum Gasteiger partial charge on any atom is 0.177 e. The maximum absolute atomic E-state index is 4.76. The second-order valence-electron chi connectivity index (χ2n) is 6.33. The Bertz CT molecular complexity index is 1040. The summed E-state index contributed by atoms with van der Waals surface area (Å²) in [5.74, 6) is 0.731. The van der Waals surface area contributed by atoms with Gasteiger partial charge in [0.05, 0.1) is 29.3 Å². The van der Waals surface area contributed by atoms with Gasteiger partial charge in [-0.15, -0.1) is 0 Å². The highest BCUT2D eigenvalue weighted by molar-refractivity contribution is 5.75. The van der Waals surface area contributed by atoms with Crippen molar-refractivity contribution in [1.29, 1.82) is 0 Å². The number of imidazole rings is 1. The average molecular weight is 332 g/mol. The monoisotopic (exact) mass is 332 g/mol. The molecule has 3 aromatic heterocycles. The van der Waals surface area contributed by atoms with Crippen LogP contribution in [0.2, 0.25) is 0 Å². The van der Waals surface area contributed by atoms with Gasteiger partial charge in [-0.1, -0.05) is 30.3 Å². The first-order chi connectivity index (χ1) is 12.0. The lowest BCUT2D eigenvalue weighted by molar-refractivity contribution is 0.579. The average Bonchev–Trinajstić information content (AvgIpc) is 3.19. The molecule has 1 unspecified atom stereocenters. The highest BCUT2D eigenvalue weighted by Gasteiger charge is 2.18. The van der Waals surface area contributed by atoms with Gasteiger partial charge in [0.25, 0.3) is 0 Å². The summed E-state index contributed by atoms with van der Waals surface area (Å²) in [6, 6.07) is 10.4. The molecule has 4 aromatic rings. The first kappa shape index (κ1) is 15.5. The molecule has 25 heavy (non-hydrogen) atoms. The summed E-state index contributed by atoms with van der Waals surface area (Å²) in [7, 11) is 0. The third kappa shape index (κ3) is 2.59. The molecule has 0 radical (unpaired) electrons. The summed E-state index contributed by atoms with van der Waals surface area (Å²) < 4.78 is 1.94. The molecule has 1 aromatic carbocycles. The van der Waals surface area contributed by atoms with Crippen LogP contribution in [0.3, 0.4) is 0 Å². The van der Waals surface area contributed by atoms with Crippen molar-refractivity contribution in [1.82, 2.24) is 29.7 Å². The van der Waals surface area contributed by atoms with Crippen LogP contribution in [0, 0.1) is 20.8 Å². The third-order valence-corrected chi connectivity index (χ3v) is 4.59. The van der Waals surface area contributed by atoms with Gasteiger partial charge in [0.15, 0.2) is 11.5 Å². The Morgan fingerprint density at radius 1 is 0.920 bits per heavy atom. The Hall–Kier alpha value is -3.02. The second kappa shape index (κ2) is 5.81. The molecule has 0 bridgehead atoms. The summed E-state index contributed by atoms with van der Waals surface area (Å²) in [4.78, 5) is 17.3. The van der Waals surface area contributed by atoms with Crippen LogP contribution in [0.5, 0.6) is 0 Å². The van der Waals surface area contributed by atoms with E-state index in [4.69, 9.17) is 4.98 Å². The first-order valence-corrected chi connectivity index (χ1v) is 8.35. The molecule has 3 heterocycles. The molecule has 0 aliphatic carbocycles. The quantitative estimate of drug-likeness (QED) is 0.620. The van der Waals surface area contributed by atoms with Crippen molar-refractivity contribution in [3.63, 3.8) is 0 Å². The summed E-state index contributed by atoms with van der Waals surface area (Å²) in [6.07, 6.45) is 1.81. The van der Waals surface area contributed by atoms with E-state index >= 15 is 0 Å². The first-order valence-electron chi connectivity index (χ1n) is 8.35. The summed E-state index contributed by atoms with van der Waals surface area (Å²) in [5, 5.41) is 4.51. The normalized spacial score (nSPS) is 12.6. The van der Waals surface area contributed by atoms with Crippen molar-refractivity contribution in [3.05, 3.63) is 59.2 Å². The Morgan fingerprint density at radius 2 is 1.64 bits per heavy atom. The number of nitrogens with zero attached hydrogens (tertiary/aromatic N) is 5. The smallest absolute Gasteiger partial charge is 0.177 e. The molecular formula is C19H20N6. The lowest BCUT2D eigenvalue weighted by Gasteiger charge is -2.12. The molecule has 0 aliphatic rings. The summed E-state index contributed by atoms with van der Waals surface area (Å²) in [5.41, 5.74) is 6.44. The Morgan fingerprint density at radius 3 is 2.40 bits per heavy atom. The fourth-order valence-corrected chi connectivity index (χ4v) is 3.02. The zero-order chi connectivity index (χ0) is 17.6. The number of aromatic amines is 1. The van der Waals surface area contributed by atoms with E-state index in [0.717, 1.165) is 39.8 Å². The Balaban J connectivity index is 1.80. The van der Waals surface area contributed by atoms with Gasteiger partial charge in [-0.3, -0.25) is 4.98 Å². The molecule has 0 spiro atoms. The molecule has 6 nitrogen and oxygen atoms in total. The maximum atomic E-state index is 4.76. The van der Waals surface area contributed by atoms with Crippen LogP contribution in [0.25, 0.3) is 22.7 Å². The minimum atomic E-state index is 0.0989. The predicted molar refractivity (Wildman–Crippen MR) is 97.4 cm³/mol. The highest BCUT2D eigenvalue weighted by Crippen LogP contribution is 2.25. The molecule has 0 amide bonds. The Kier molecular flexibility index (Phi) is 3.60. The van der Waals surface area contributed by atoms with E-state index in [-0.39, 0.29) is 6.04 Å². The van der Waals surface area contributed by atoms with Gasteiger partial charge < -0.3 is 4.98 Å². The number of fused-ring (bicyclic) bond motifs is 1. The van der Waals surface area contributed by atoms with Gasteiger partial charge in [-0.2, -0.15) is 5.10 Å². The Labute approximate surface area is 146 Å². The fraction of sp³-hybridized carbons (Fsp3) is 0.263. The molecule has 0 fully saturated rings. The number of H-pyrrole nitrogens is 1. The van der Waals surface area contributed by atoms with Gasteiger partial charge in [0.1, 0.15) is 11.2 Å². The molecule has 6 heteroatoms. The van der Waals surface area contributed by atoms with Crippen molar-refractivity contribution >= 4 is 11.2 Å². The van der Waals surface area contributed by atoms with E-state index in [9.17, 15) is 0 Å². The van der Waals surface area contributed by atoms with E-state index in [2.05, 4.69) is 39.1 Å². The number of hydrogen-bond donors (Lipinski definition) is 1. The van der Waals surface area contributed by atoms with Crippen LogP contribution in [0.15, 0.2) is 36.5 Å². The number of aromatic nitrogens is 6. The van der Waals surface area contributed by atoms with Crippen LogP contribution in [-0.4, -0.2) is 29.7 Å². The van der Waals surface area contributed by atoms with Crippen LogP contribution < -0.4 is 0 Å². The molecule has 0 saturated heterocycles. The van der Waals surface area contributed by atoms with Crippen molar-refractivity contribution < 1.29 is 0 Å². The number of rotatable bonds is 3. The number of benzene rings is 1. The lowest BCUT2D eigenvalue weighted by Crippen LogP contribution is -2.08. The van der Waals surface area contributed by atoms with Crippen molar-refractivity contribution in [3.8, 4) is 11.5 Å². The molecule has 126 valence electrons. The van der Waals surface area contributed by atoms with E-state index in [1.807, 2.05) is 49.8 Å². The van der Waals surface area contributed by atoms with E-state index < -0.39 is 0 Å². The number of hydrogen-bond acceptors (Lipinski definition) is 4. The van der Waals surface area contributed by atoms with Gasteiger partial charge in [0.2, 0.25) is 0 Å². The highest BCUT2D eigenvalue weighted by atomic mass is 15.3. The van der Waals surface area contributed by atoms with Crippen molar-refractivity contribution in [2.45, 2.75) is 33.7 Å². The van der Waals surface area contributed by atoms with Gasteiger partial charge >= 0.3 is 0 Å². The standard InChI is InChI=1S/C19H20N6/c1-11-12(2)22-17(13(3)21-11)18-23-16-10-20-25(19(16)24-18)14(4)15-8-6-5-7-9-15/h5-10,14H,1-4H3,(H,23,24). The third-order valence-electron chi connectivity index (χ3n) is 4.59. The van der Waals surface area contributed by atoms with Crippen LogP contribution in [0.1, 0.15) is 35.6 Å². The zero-order valence-corrected chi connectivity index (χ0v) is 14.8. The fourth-order valence-electron chi connectivity index (χ4n) is 3.02. The largest absolute Gasteiger partial charge is 0.334 e. The van der Waals surface area contributed by atoms with Crippen molar-refractivity contribution in [2.24, 2.45) is 0 Å².